The Kier molecular flexibility index (Phi) is 7.30. The number of para-hydroxylation sites is 3. The highest BCUT2D eigenvalue weighted by Gasteiger charge is 2.16. The van der Waals surface area contributed by atoms with Crippen LogP contribution in [0.5, 0.6) is 5.75 Å². The fourth-order valence-electron chi connectivity index (χ4n) is 4.21. The van der Waals surface area contributed by atoms with Gasteiger partial charge in [-0.25, -0.2) is 9.37 Å². The summed E-state index contributed by atoms with van der Waals surface area (Å²) in [6, 6.07) is 27.6. The molecule has 8 nitrogen and oxygen atoms in total. The molecule has 1 N–H and O–H groups in total. The highest BCUT2D eigenvalue weighted by Crippen LogP contribution is 2.27. The standard InChI is InChI=1S/C31H20FIN4O4/c32-22-9-3-5-11-25(22)35-29(38)18-40-27-14-13-19(15-23(27)33)17-34-37-30(28-16-20-7-1-6-12-26(20)41-28)36-24-10-4-2-8-21(24)31(37)39/h1-17H,18H2,(H,35,38). The normalized spacial score (nSPS) is 11.4. The van der Waals surface area contributed by atoms with E-state index >= 15 is 0 Å². The van der Waals surface area contributed by atoms with Gasteiger partial charge in [-0.05, 0) is 82.8 Å². The molecule has 0 aliphatic heterocycles. The lowest BCUT2D eigenvalue weighted by Crippen LogP contribution is -2.21. The van der Waals surface area contributed by atoms with Gasteiger partial charge in [-0.2, -0.15) is 9.78 Å². The first kappa shape index (κ1) is 26.4. The number of carbonyl (C=O) groups excluding carboxylic acids is 1. The average Bonchev–Trinajstić information content (AvgIpc) is 3.42. The van der Waals surface area contributed by atoms with Crippen LogP contribution in [0.1, 0.15) is 5.56 Å². The second-order valence-corrected chi connectivity index (χ2v) is 10.1. The van der Waals surface area contributed by atoms with Crippen LogP contribution in [0, 0.1) is 9.39 Å². The summed E-state index contributed by atoms with van der Waals surface area (Å²) >= 11 is 2.08. The predicted molar refractivity (Wildman–Crippen MR) is 164 cm³/mol. The monoisotopic (exact) mass is 658 g/mol. The van der Waals surface area contributed by atoms with Crippen molar-refractivity contribution < 1.29 is 18.3 Å². The number of halogens is 2. The summed E-state index contributed by atoms with van der Waals surface area (Å²) in [5.74, 6) is 0.148. The lowest BCUT2D eigenvalue weighted by atomic mass is 10.2. The maximum Gasteiger partial charge on any atom is 0.282 e. The van der Waals surface area contributed by atoms with E-state index in [1.54, 1.807) is 54.7 Å². The Bertz CT molecular complexity index is 1980. The predicted octanol–water partition coefficient (Wildman–Crippen LogP) is 6.45. The molecule has 2 aromatic heterocycles. The molecule has 6 rings (SSSR count). The van der Waals surface area contributed by atoms with Gasteiger partial charge in [0.1, 0.15) is 17.1 Å². The molecule has 0 aliphatic rings. The number of aromatic nitrogens is 2. The van der Waals surface area contributed by atoms with Crippen LogP contribution in [0.4, 0.5) is 10.1 Å². The van der Waals surface area contributed by atoms with Crippen molar-refractivity contribution in [2.75, 3.05) is 11.9 Å². The fourth-order valence-corrected chi connectivity index (χ4v) is 4.91. The van der Waals surface area contributed by atoms with Gasteiger partial charge in [0.2, 0.25) is 5.82 Å². The zero-order valence-corrected chi connectivity index (χ0v) is 23.4. The third-order valence-electron chi connectivity index (χ3n) is 6.18. The largest absolute Gasteiger partial charge is 0.483 e. The van der Waals surface area contributed by atoms with Crippen LogP contribution in [0.2, 0.25) is 0 Å². The molecule has 0 saturated carbocycles. The van der Waals surface area contributed by atoms with Gasteiger partial charge >= 0.3 is 0 Å². The zero-order valence-electron chi connectivity index (χ0n) is 21.3. The second kappa shape index (κ2) is 11.3. The van der Waals surface area contributed by atoms with Crippen LogP contribution in [0.3, 0.4) is 0 Å². The third-order valence-corrected chi connectivity index (χ3v) is 7.03. The number of benzene rings is 4. The lowest BCUT2D eigenvalue weighted by Gasteiger charge is -2.10. The number of furan rings is 1. The van der Waals surface area contributed by atoms with Crippen LogP contribution in [-0.4, -0.2) is 28.4 Å². The molecule has 0 spiro atoms. The number of ether oxygens (including phenoxy) is 1. The minimum Gasteiger partial charge on any atom is -0.483 e. The van der Waals surface area contributed by atoms with Gasteiger partial charge in [-0.3, -0.25) is 9.59 Å². The number of rotatable bonds is 7. The first-order valence-corrected chi connectivity index (χ1v) is 13.6. The van der Waals surface area contributed by atoms with E-state index in [-0.39, 0.29) is 23.7 Å². The van der Waals surface area contributed by atoms with Crippen molar-refractivity contribution in [2.45, 2.75) is 0 Å². The van der Waals surface area contributed by atoms with Crippen LogP contribution in [0.15, 0.2) is 111 Å². The number of anilines is 1. The van der Waals surface area contributed by atoms with E-state index in [1.165, 1.54) is 16.8 Å². The summed E-state index contributed by atoms with van der Waals surface area (Å²) in [7, 11) is 0. The SMILES string of the molecule is O=C(COc1ccc(C=Nn2c(-c3cc4ccccc4o3)nc3ccccc3c2=O)cc1I)Nc1ccccc1F. The number of nitrogens with one attached hydrogen (secondary N) is 1. The van der Waals surface area contributed by atoms with Crippen LogP contribution >= 0.6 is 22.6 Å². The van der Waals surface area contributed by atoms with E-state index < -0.39 is 11.7 Å². The second-order valence-electron chi connectivity index (χ2n) is 8.97. The molecule has 0 fully saturated rings. The third kappa shape index (κ3) is 5.59. The molecule has 10 heteroatoms. The number of carbonyl (C=O) groups is 1. The lowest BCUT2D eigenvalue weighted by molar-refractivity contribution is -0.118. The van der Waals surface area contributed by atoms with Crippen molar-refractivity contribution in [3.8, 4) is 17.3 Å². The fraction of sp³-hybridized carbons (Fsp3) is 0.0323. The van der Waals surface area contributed by atoms with Gasteiger partial charge in [0.25, 0.3) is 11.5 Å². The number of amides is 1. The van der Waals surface area contributed by atoms with Crippen LogP contribution in [0.25, 0.3) is 33.5 Å². The van der Waals surface area contributed by atoms with E-state index in [9.17, 15) is 14.0 Å². The summed E-state index contributed by atoms with van der Waals surface area (Å²) in [5.41, 5.74) is 1.65. The molecule has 0 radical (unpaired) electrons. The quantitative estimate of drug-likeness (QED) is 0.157. The van der Waals surface area contributed by atoms with Crippen molar-refractivity contribution in [3.63, 3.8) is 0 Å². The van der Waals surface area contributed by atoms with Gasteiger partial charge in [0.15, 0.2) is 12.4 Å². The van der Waals surface area contributed by atoms with Crippen molar-refractivity contribution in [1.82, 2.24) is 9.66 Å². The molecular formula is C31H20FIN4O4. The van der Waals surface area contributed by atoms with E-state index in [2.05, 4.69) is 33.0 Å². The molecule has 41 heavy (non-hydrogen) atoms. The molecule has 0 bridgehead atoms. The van der Waals surface area contributed by atoms with Crippen molar-refractivity contribution in [2.24, 2.45) is 5.10 Å². The molecule has 0 unspecified atom stereocenters. The average molecular weight is 658 g/mol. The molecule has 6 aromatic rings. The Labute approximate surface area is 246 Å². The Morgan fingerprint density at radius 2 is 1.80 bits per heavy atom. The minimum atomic E-state index is -0.525. The summed E-state index contributed by atoms with van der Waals surface area (Å²) in [6.07, 6.45) is 1.54. The summed E-state index contributed by atoms with van der Waals surface area (Å²) in [5, 5.41) is 8.28. The van der Waals surface area contributed by atoms with Gasteiger partial charge < -0.3 is 14.5 Å². The Hall–Kier alpha value is -4.84. The molecule has 4 aromatic carbocycles. The smallest absolute Gasteiger partial charge is 0.282 e. The first-order valence-electron chi connectivity index (χ1n) is 12.5. The van der Waals surface area contributed by atoms with E-state index in [4.69, 9.17) is 14.1 Å². The maximum absolute atomic E-state index is 13.8. The zero-order chi connectivity index (χ0) is 28.3. The molecule has 0 saturated heterocycles. The molecule has 2 heterocycles. The Balaban J connectivity index is 1.26. The maximum atomic E-state index is 13.8. The van der Waals surface area contributed by atoms with Gasteiger partial charge in [-0.1, -0.05) is 42.5 Å². The Morgan fingerprint density at radius 1 is 1.02 bits per heavy atom. The Morgan fingerprint density at radius 3 is 2.63 bits per heavy atom. The van der Waals surface area contributed by atoms with E-state index in [0.717, 1.165) is 5.39 Å². The topological polar surface area (TPSA) is 98.7 Å². The van der Waals surface area contributed by atoms with Crippen molar-refractivity contribution in [1.29, 1.82) is 0 Å². The van der Waals surface area contributed by atoms with Crippen LogP contribution < -0.4 is 15.6 Å². The summed E-state index contributed by atoms with van der Waals surface area (Å²) in [4.78, 5) is 30.4. The van der Waals surface area contributed by atoms with Crippen molar-refractivity contribution >= 4 is 62.3 Å². The highest BCUT2D eigenvalue weighted by atomic mass is 127. The highest BCUT2D eigenvalue weighted by molar-refractivity contribution is 14.1. The molecular weight excluding hydrogens is 638 g/mol. The number of hydrogen-bond donors (Lipinski definition) is 1. The molecule has 0 aliphatic carbocycles. The van der Waals surface area contributed by atoms with Crippen LogP contribution in [-0.2, 0) is 4.79 Å². The number of nitrogens with zero attached hydrogens (tertiary/aromatic N) is 3. The van der Waals surface area contributed by atoms with Gasteiger partial charge in [-0.15, -0.1) is 0 Å². The summed E-state index contributed by atoms with van der Waals surface area (Å²) in [6.45, 7) is -0.295. The number of hydrogen-bond acceptors (Lipinski definition) is 6. The molecule has 0 atom stereocenters. The van der Waals surface area contributed by atoms with Gasteiger partial charge in [0.05, 0.1) is 26.4 Å². The van der Waals surface area contributed by atoms with E-state index in [1.807, 2.05) is 36.4 Å². The minimum absolute atomic E-state index is 0.0859. The van der Waals surface area contributed by atoms with Crippen molar-refractivity contribution in [3.05, 3.63) is 122 Å². The molecule has 202 valence electrons. The van der Waals surface area contributed by atoms with E-state index in [0.29, 0.717) is 37.1 Å². The molecule has 1 amide bonds. The first-order chi connectivity index (χ1) is 20.0. The number of fused-ring (bicyclic) bond motifs is 2. The van der Waals surface area contributed by atoms with Gasteiger partial charge in [0, 0.05) is 5.39 Å². The summed E-state index contributed by atoms with van der Waals surface area (Å²) < 4.78 is 27.4.